The lowest BCUT2D eigenvalue weighted by Gasteiger charge is -2.22. The normalized spacial score (nSPS) is 11.6. The van der Waals surface area contributed by atoms with E-state index in [0.717, 1.165) is 6.42 Å². The van der Waals surface area contributed by atoms with Gasteiger partial charge in [-0.15, -0.1) is 0 Å². The summed E-state index contributed by atoms with van der Waals surface area (Å²) in [6.07, 6.45) is 4.85. The van der Waals surface area contributed by atoms with Crippen LogP contribution in [0.25, 0.3) is 11.1 Å². The molecule has 1 heterocycles. The van der Waals surface area contributed by atoms with Gasteiger partial charge in [-0.2, -0.15) is 0 Å². The molecule has 0 saturated heterocycles. The number of hydrogen-bond donors (Lipinski definition) is 0. The van der Waals surface area contributed by atoms with Gasteiger partial charge in [0.2, 0.25) is 0 Å². The molecule has 1 radical (unpaired) electrons. The van der Waals surface area contributed by atoms with E-state index in [1.54, 1.807) is 0 Å². The summed E-state index contributed by atoms with van der Waals surface area (Å²) in [5.74, 6) is 0. The summed E-state index contributed by atoms with van der Waals surface area (Å²) in [5.41, 5.74) is 4.89. The highest BCUT2D eigenvalue weighted by molar-refractivity contribution is 5.68. The van der Waals surface area contributed by atoms with Crippen molar-refractivity contribution in [2.24, 2.45) is 0 Å². The van der Waals surface area contributed by atoms with Gasteiger partial charge in [0.1, 0.15) is 0 Å². The molecule has 2 aromatic rings. The monoisotopic (exact) mass is 238 g/mol. The maximum atomic E-state index is 4.23. The van der Waals surface area contributed by atoms with E-state index in [0.29, 0.717) is 0 Å². The van der Waals surface area contributed by atoms with Gasteiger partial charge < -0.3 is 0 Å². The molecule has 2 rings (SSSR count). The molecular formula is C17H20N. The molecule has 1 nitrogen and oxygen atoms in total. The fraction of sp³-hybridized carbons (Fsp3) is 0.294. The lowest BCUT2D eigenvalue weighted by molar-refractivity contribution is 0.663. The van der Waals surface area contributed by atoms with Crippen molar-refractivity contribution in [2.45, 2.75) is 32.6 Å². The fourth-order valence-electron chi connectivity index (χ4n) is 2.11. The molecule has 0 amide bonds. The highest BCUT2D eigenvalue weighted by atomic mass is 14.6. The third-order valence-corrected chi connectivity index (χ3v) is 3.22. The number of pyridine rings is 1. The Morgan fingerprint density at radius 2 is 1.78 bits per heavy atom. The third kappa shape index (κ3) is 2.61. The summed E-state index contributed by atoms with van der Waals surface area (Å²) in [5, 5.41) is 0. The van der Waals surface area contributed by atoms with Crippen molar-refractivity contribution in [1.29, 1.82) is 0 Å². The van der Waals surface area contributed by atoms with E-state index in [-0.39, 0.29) is 5.41 Å². The van der Waals surface area contributed by atoms with Crippen LogP contribution >= 0.6 is 0 Å². The minimum absolute atomic E-state index is 0.132. The molecule has 1 aromatic heterocycles. The zero-order valence-electron chi connectivity index (χ0n) is 11.4. The maximum absolute atomic E-state index is 4.23. The molecule has 0 saturated carbocycles. The molecule has 0 spiro atoms. The van der Waals surface area contributed by atoms with Gasteiger partial charge in [0, 0.05) is 12.4 Å². The number of benzene rings is 1. The average molecular weight is 238 g/mol. The second-order valence-electron chi connectivity index (χ2n) is 5.36. The first kappa shape index (κ1) is 12.8. The molecule has 0 bridgehead atoms. The first-order valence-corrected chi connectivity index (χ1v) is 6.41. The molecule has 1 heteroatoms. The first-order chi connectivity index (χ1) is 8.52. The highest BCUT2D eigenvalue weighted by Crippen LogP contribution is 2.31. The molecule has 18 heavy (non-hydrogen) atoms. The summed E-state index contributed by atoms with van der Waals surface area (Å²) < 4.78 is 0. The Labute approximate surface area is 110 Å². The van der Waals surface area contributed by atoms with Crippen LogP contribution in [-0.4, -0.2) is 4.98 Å². The van der Waals surface area contributed by atoms with Crippen molar-refractivity contribution in [2.75, 3.05) is 0 Å². The lowest BCUT2D eigenvalue weighted by atomic mass is 9.83. The zero-order valence-corrected chi connectivity index (χ0v) is 11.4. The Hall–Kier alpha value is -1.63. The van der Waals surface area contributed by atoms with Crippen LogP contribution in [0.4, 0.5) is 0 Å². The van der Waals surface area contributed by atoms with Gasteiger partial charge in [0.05, 0.1) is 0 Å². The Balaban J connectivity index is 2.50. The molecule has 0 unspecified atom stereocenters. The zero-order chi connectivity index (χ0) is 13.2. The highest BCUT2D eigenvalue weighted by Gasteiger charge is 2.18. The van der Waals surface area contributed by atoms with Crippen LogP contribution < -0.4 is 0 Å². The largest absolute Gasteiger partial charge is 0.264 e. The Morgan fingerprint density at radius 3 is 2.33 bits per heavy atom. The predicted molar refractivity (Wildman–Crippen MR) is 77.4 cm³/mol. The molecule has 0 fully saturated rings. The van der Waals surface area contributed by atoms with Crippen molar-refractivity contribution in [3.05, 3.63) is 60.8 Å². The van der Waals surface area contributed by atoms with Crippen LogP contribution in [-0.2, 0) is 11.8 Å². The molecule has 0 aliphatic carbocycles. The first-order valence-electron chi connectivity index (χ1n) is 6.41. The van der Waals surface area contributed by atoms with Gasteiger partial charge in [-0.25, -0.2) is 0 Å². The second kappa shape index (κ2) is 4.93. The minimum atomic E-state index is -0.132. The van der Waals surface area contributed by atoms with E-state index in [4.69, 9.17) is 0 Å². The van der Waals surface area contributed by atoms with E-state index in [1.807, 2.05) is 12.4 Å². The number of hydrogen-bond acceptors (Lipinski definition) is 1. The fourth-order valence-corrected chi connectivity index (χ4v) is 2.11. The van der Waals surface area contributed by atoms with Crippen LogP contribution in [0, 0.1) is 6.92 Å². The Morgan fingerprint density at radius 1 is 1.11 bits per heavy atom. The summed E-state index contributed by atoms with van der Waals surface area (Å²) in [4.78, 5) is 4.23. The van der Waals surface area contributed by atoms with Crippen LogP contribution in [0.2, 0.25) is 0 Å². The van der Waals surface area contributed by atoms with Crippen molar-refractivity contribution in [3.8, 4) is 11.1 Å². The standard InChI is InChI=1S/C17H20N/c1-5-13-6-8-14(9-7-13)15-10-11-18-12-16(15)17(2,3)4/h6-12H,2,5H2,1,3-4H3. The number of nitrogens with zero attached hydrogens (tertiary/aromatic N) is 1. The van der Waals surface area contributed by atoms with Crippen molar-refractivity contribution >= 4 is 0 Å². The molecule has 0 aliphatic heterocycles. The maximum Gasteiger partial charge on any atom is 0.0311 e. The van der Waals surface area contributed by atoms with Gasteiger partial charge in [0.25, 0.3) is 0 Å². The number of aryl methyl sites for hydroxylation is 1. The van der Waals surface area contributed by atoms with E-state index < -0.39 is 0 Å². The van der Waals surface area contributed by atoms with E-state index in [1.165, 1.54) is 22.3 Å². The second-order valence-corrected chi connectivity index (χ2v) is 5.36. The summed E-state index contributed by atoms with van der Waals surface area (Å²) in [6.45, 7) is 10.6. The van der Waals surface area contributed by atoms with Crippen LogP contribution in [0.1, 0.15) is 31.9 Å². The number of rotatable bonds is 3. The van der Waals surface area contributed by atoms with Crippen LogP contribution in [0.5, 0.6) is 0 Å². The van der Waals surface area contributed by atoms with Crippen molar-refractivity contribution < 1.29 is 0 Å². The van der Waals surface area contributed by atoms with Gasteiger partial charge in [-0.1, -0.05) is 45.0 Å². The molecule has 0 N–H and O–H groups in total. The van der Waals surface area contributed by atoms with Crippen LogP contribution in [0.3, 0.4) is 0 Å². The van der Waals surface area contributed by atoms with E-state index in [9.17, 15) is 0 Å². The number of aromatic nitrogens is 1. The third-order valence-electron chi connectivity index (χ3n) is 3.22. The molecular weight excluding hydrogens is 218 g/mol. The van der Waals surface area contributed by atoms with Gasteiger partial charge in [-0.05, 0) is 47.1 Å². The predicted octanol–water partition coefficient (Wildman–Crippen LogP) is 4.42. The van der Waals surface area contributed by atoms with Gasteiger partial charge in [0.15, 0.2) is 0 Å². The minimum Gasteiger partial charge on any atom is -0.264 e. The topological polar surface area (TPSA) is 12.9 Å². The molecule has 93 valence electrons. The average Bonchev–Trinajstić information content (AvgIpc) is 2.38. The van der Waals surface area contributed by atoms with E-state index in [2.05, 4.69) is 63.0 Å². The smallest absolute Gasteiger partial charge is 0.0311 e. The SMILES string of the molecule is [CH2]C(C)(C)c1cnccc1-c1ccc(CC)cc1. The quantitative estimate of drug-likeness (QED) is 0.771. The van der Waals surface area contributed by atoms with Crippen molar-refractivity contribution in [3.63, 3.8) is 0 Å². The van der Waals surface area contributed by atoms with E-state index >= 15 is 0 Å². The van der Waals surface area contributed by atoms with Crippen LogP contribution in [0.15, 0.2) is 42.7 Å². The Bertz CT molecular complexity index is 518. The van der Waals surface area contributed by atoms with Gasteiger partial charge in [-0.3, -0.25) is 4.98 Å². The van der Waals surface area contributed by atoms with Gasteiger partial charge >= 0.3 is 0 Å². The summed E-state index contributed by atoms with van der Waals surface area (Å²) >= 11 is 0. The molecule has 0 atom stereocenters. The molecule has 1 aromatic carbocycles. The molecule has 0 aliphatic rings. The Kier molecular flexibility index (Phi) is 3.51. The summed E-state index contributed by atoms with van der Waals surface area (Å²) in [6, 6.07) is 10.8. The summed E-state index contributed by atoms with van der Waals surface area (Å²) in [7, 11) is 0. The lowest BCUT2D eigenvalue weighted by Crippen LogP contribution is -2.13. The van der Waals surface area contributed by atoms with Crippen molar-refractivity contribution in [1.82, 2.24) is 4.98 Å².